The number of aromatic amines is 1. The molecular weight excluding hydrogens is 296 g/mol. The molecule has 1 unspecified atom stereocenters. The summed E-state index contributed by atoms with van der Waals surface area (Å²) in [6.07, 6.45) is 0. The van der Waals surface area contributed by atoms with E-state index in [9.17, 15) is 4.79 Å². The molecule has 1 N–H and O–H groups in total. The van der Waals surface area contributed by atoms with Gasteiger partial charge in [0.05, 0.1) is 12.7 Å². The van der Waals surface area contributed by atoms with E-state index < -0.39 is 0 Å². The van der Waals surface area contributed by atoms with E-state index in [1.165, 1.54) is 0 Å². The van der Waals surface area contributed by atoms with Crippen LogP contribution in [0.3, 0.4) is 0 Å². The van der Waals surface area contributed by atoms with Crippen LogP contribution in [-0.2, 0) is 4.74 Å². The number of nitrogens with zero attached hydrogens (tertiary/aromatic N) is 1. The van der Waals surface area contributed by atoms with Gasteiger partial charge in [-0.15, -0.1) is 0 Å². The summed E-state index contributed by atoms with van der Waals surface area (Å²) in [5.74, 6) is -0.370. The van der Waals surface area contributed by atoms with E-state index in [-0.39, 0.29) is 10.8 Å². The van der Waals surface area contributed by atoms with Gasteiger partial charge < -0.3 is 9.72 Å². The quantitative estimate of drug-likeness (QED) is 0.699. The first-order valence-corrected chi connectivity index (χ1v) is 6.40. The molecule has 0 radical (unpaired) electrons. The molecule has 0 spiro atoms. The standard InChI is InChI=1S/C13H11BrN2O2/c1-2-18-13(17)12-6-9-5-8(10(14)7-15)3-4-11(9)16-12/h3-6,10,16H,2H2,1H3. The summed E-state index contributed by atoms with van der Waals surface area (Å²) in [5.41, 5.74) is 2.13. The van der Waals surface area contributed by atoms with Crippen molar-refractivity contribution in [3.8, 4) is 6.07 Å². The largest absolute Gasteiger partial charge is 0.461 e. The Labute approximate surface area is 113 Å². The van der Waals surface area contributed by atoms with Gasteiger partial charge >= 0.3 is 5.97 Å². The highest BCUT2D eigenvalue weighted by molar-refractivity contribution is 9.09. The molecule has 92 valence electrons. The van der Waals surface area contributed by atoms with Crippen molar-refractivity contribution in [1.82, 2.24) is 4.98 Å². The number of ether oxygens (including phenoxy) is 1. The lowest BCUT2D eigenvalue weighted by Crippen LogP contribution is -2.04. The van der Waals surface area contributed by atoms with E-state index >= 15 is 0 Å². The Hall–Kier alpha value is -1.80. The van der Waals surface area contributed by atoms with Gasteiger partial charge in [-0.2, -0.15) is 5.26 Å². The van der Waals surface area contributed by atoms with Gasteiger partial charge in [-0.1, -0.05) is 22.0 Å². The first-order valence-electron chi connectivity index (χ1n) is 5.49. The van der Waals surface area contributed by atoms with Crippen molar-refractivity contribution in [3.05, 3.63) is 35.5 Å². The highest BCUT2D eigenvalue weighted by Crippen LogP contribution is 2.26. The second-order valence-electron chi connectivity index (χ2n) is 3.74. The lowest BCUT2D eigenvalue weighted by Gasteiger charge is -2.00. The predicted octanol–water partition coefficient (Wildman–Crippen LogP) is 3.30. The molecule has 18 heavy (non-hydrogen) atoms. The maximum Gasteiger partial charge on any atom is 0.354 e. The number of benzene rings is 1. The molecule has 0 saturated carbocycles. The molecule has 1 atom stereocenters. The monoisotopic (exact) mass is 306 g/mol. The summed E-state index contributed by atoms with van der Waals surface area (Å²) in [6.45, 7) is 2.11. The van der Waals surface area contributed by atoms with E-state index in [1.54, 1.807) is 13.0 Å². The van der Waals surface area contributed by atoms with E-state index in [4.69, 9.17) is 10.00 Å². The number of hydrogen-bond acceptors (Lipinski definition) is 3. The number of rotatable bonds is 3. The molecule has 0 aliphatic carbocycles. The molecule has 5 heteroatoms. The fourth-order valence-corrected chi connectivity index (χ4v) is 1.99. The zero-order chi connectivity index (χ0) is 13.1. The maximum atomic E-state index is 11.6. The zero-order valence-corrected chi connectivity index (χ0v) is 11.3. The second kappa shape index (κ2) is 5.23. The first kappa shape index (κ1) is 12.7. The third-order valence-electron chi connectivity index (χ3n) is 2.55. The summed E-state index contributed by atoms with van der Waals surface area (Å²) in [4.78, 5) is 14.2. The molecule has 2 aromatic rings. The van der Waals surface area contributed by atoms with Gasteiger partial charge in [-0.05, 0) is 30.7 Å². The molecule has 0 aliphatic heterocycles. The maximum absolute atomic E-state index is 11.6. The minimum absolute atomic E-state index is 0.345. The average Bonchev–Trinajstić information content (AvgIpc) is 2.80. The number of carbonyl (C=O) groups excluding carboxylic acids is 1. The molecule has 1 aromatic heterocycles. The fraction of sp³-hybridized carbons (Fsp3) is 0.231. The van der Waals surface area contributed by atoms with Gasteiger partial charge in [0.25, 0.3) is 0 Å². The Kier molecular flexibility index (Phi) is 3.68. The van der Waals surface area contributed by atoms with Crippen LogP contribution < -0.4 is 0 Å². The van der Waals surface area contributed by atoms with Gasteiger partial charge in [0, 0.05) is 10.9 Å². The van der Waals surface area contributed by atoms with Crippen LogP contribution in [0, 0.1) is 11.3 Å². The molecule has 1 heterocycles. The van der Waals surface area contributed by atoms with Gasteiger partial charge in [0.2, 0.25) is 0 Å². The van der Waals surface area contributed by atoms with Gasteiger partial charge in [0.1, 0.15) is 10.5 Å². The van der Waals surface area contributed by atoms with Crippen LogP contribution in [0.4, 0.5) is 0 Å². The molecule has 0 bridgehead atoms. The molecule has 0 amide bonds. The molecule has 0 fully saturated rings. The fourth-order valence-electron chi connectivity index (χ4n) is 1.70. The van der Waals surface area contributed by atoms with Crippen molar-refractivity contribution in [2.45, 2.75) is 11.8 Å². The summed E-state index contributed by atoms with van der Waals surface area (Å²) in [5, 5.41) is 9.73. The Bertz CT molecular complexity index is 627. The number of carbonyl (C=O) groups is 1. The predicted molar refractivity (Wildman–Crippen MR) is 71.5 cm³/mol. The first-order chi connectivity index (χ1) is 8.65. The molecule has 0 aliphatic rings. The Morgan fingerprint density at radius 3 is 3.00 bits per heavy atom. The van der Waals surface area contributed by atoms with Crippen molar-refractivity contribution in [3.63, 3.8) is 0 Å². The van der Waals surface area contributed by atoms with Crippen LogP contribution in [0.1, 0.15) is 27.8 Å². The summed E-state index contributed by atoms with van der Waals surface area (Å²) in [6, 6.07) is 9.40. The SMILES string of the molecule is CCOC(=O)c1cc2cc(C(Br)C#N)ccc2[nH]1. The van der Waals surface area contributed by atoms with E-state index in [2.05, 4.69) is 27.0 Å². The number of halogens is 1. The number of nitriles is 1. The summed E-state index contributed by atoms with van der Waals surface area (Å²) in [7, 11) is 0. The molecular formula is C13H11BrN2O2. The highest BCUT2D eigenvalue weighted by Gasteiger charge is 2.12. The Balaban J connectivity index is 2.40. The number of H-pyrrole nitrogens is 1. The topological polar surface area (TPSA) is 65.9 Å². The van der Waals surface area contributed by atoms with Gasteiger partial charge in [-0.3, -0.25) is 0 Å². The van der Waals surface area contributed by atoms with Crippen LogP contribution in [0.2, 0.25) is 0 Å². The summed E-state index contributed by atoms with van der Waals surface area (Å²) >= 11 is 3.27. The number of alkyl halides is 1. The number of nitrogens with one attached hydrogen (secondary N) is 1. The van der Waals surface area contributed by atoms with E-state index in [0.29, 0.717) is 12.3 Å². The van der Waals surface area contributed by atoms with Crippen molar-refractivity contribution >= 4 is 32.8 Å². The smallest absolute Gasteiger partial charge is 0.354 e. The van der Waals surface area contributed by atoms with Gasteiger partial charge in [-0.25, -0.2) is 4.79 Å². The lowest BCUT2D eigenvalue weighted by molar-refractivity contribution is 0.0520. The van der Waals surface area contributed by atoms with Gasteiger partial charge in [0.15, 0.2) is 0 Å². The van der Waals surface area contributed by atoms with Crippen molar-refractivity contribution in [1.29, 1.82) is 5.26 Å². The van der Waals surface area contributed by atoms with Crippen molar-refractivity contribution in [2.24, 2.45) is 0 Å². The Morgan fingerprint density at radius 2 is 2.33 bits per heavy atom. The number of fused-ring (bicyclic) bond motifs is 1. The normalized spacial score (nSPS) is 12.1. The highest BCUT2D eigenvalue weighted by atomic mass is 79.9. The van der Waals surface area contributed by atoms with Crippen LogP contribution in [0.15, 0.2) is 24.3 Å². The minimum Gasteiger partial charge on any atom is -0.461 e. The third-order valence-corrected chi connectivity index (χ3v) is 3.28. The minimum atomic E-state index is -0.370. The summed E-state index contributed by atoms with van der Waals surface area (Å²) < 4.78 is 4.92. The molecule has 0 saturated heterocycles. The second-order valence-corrected chi connectivity index (χ2v) is 4.66. The van der Waals surface area contributed by atoms with Crippen LogP contribution in [0.25, 0.3) is 10.9 Å². The van der Waals surface area contributed by atoms with Crippen LogP contribution in [-0.4, -0.2) is 17.6 Å². The van der Waals surface area contributed by atoms with E-state index in [1.807, 2.05) is 18.2 Å². The average molecular weight is 307 g/mol. The van der Waals surface area contributed by atoms with Crippen molar-refractivity contribution in [2.75, 3.05) is 6.61 Å². The molecule has 1 aromatic carbocycles. The lowest BCUT2D eigenvalue weighted by atomic mass is 10.1. The zero-order valence-electron chi connectivity index (χ0n) is 9.74. The third kappa shape index (κ3) is 2.39. The number of aromatic nitrogens is 1. The molecule has 4 nitrogen and oxygen atoms in total. The molecule has 2 rings (SSSR count). The Morgan fingerprint density at radius 1 is 1.56 bits per heavy atom. The van der Waals surface area contributed by atoms with Crippen LogP contribution >= 0.6 is 15.9 Å². The van der Waals surface area contributed by atoms with Crippen LogP contribution in [0.5, 0.6) is 0 Å². The number of esters is 1. The van der Waals surface area contributed by atoms with E-state index in [0.717, 1.165) is 16.5 Å². The van der Waals surface area contributed by atoms with Crippen molar-refractivity contribution < 1.29 is 9.53 Å². The number of hydrogen-bond donors (Lipinski definition) is 1.